The Kier molecular flexibility index (Phi) is 16.6. The number of allylic oxidation sites excluding steroid dienone is 1. The quantitative estimate of drug-likeness (QED) is 0.213. The molecule has 0 aliphatic rings. The highest BCUT2D eigenvalue weighted by atomic mass is 16.3. The molecule has 0 amide bonds. The maximum absolute atomic E-state index is 10.2. The third kappa shape index (κ3) is 17.1. The SMILES string of the molecule is CCCCCCCCCCCCCC/C=C/[C@@H](O)[C@H](CO)CC(C)(C)C. The lowest BCUT2D eigenvalue weighted by Crippen LogP contribution is -2.26. The summed E-state index contributed by atoms with van der Waals surface area (Å²) >= 11 is 0. The predicted molar refractivity (Wildman–Crippen MR) is 115 cm³/mol. The van der Waals surface area contributed by atoms with Crippen LogP contribution in [0.25, 0.3) is 0 Å². The summed E-state index contributed by atoms with van der Waals surface area (Å²) in [5, 5.41) is 19.7. The first-order valence-corrected chi connectivity index (χ1v) is 11.4. The van der Waals surface area contributed by atoms with Crippen molar-refractivity contribution in [3.8, 4) is 0 Å². The van der Waals surface area contributed by atoms with Crippen LogP contribution in [0.2, 0.25) is 0 Å². The van der Waals surface area contributed by atoms with E-state index in [0.29, 0.717) is 0 Å². The molecule has 0 bridgehead atoms. The molecule has 156 valence electrons. The Morgan fingerprint density at radius 2 is 1.23 bits per heavy atom. The van der Waals surface area contributed by atoms with Gasteiger partial charge < -0.3 is 10.2 Å². The van der Waals surface area contributed by atoms with Crippen molar-refractivity contribution in [1.82, 2.24) is 0 Å². The van der Waals surface area contributed by atoms with Crippen molar-refractivity contribution in [3.05, 3.63) is 12.2 Å². The van der Waals surface area contributed by atoms with Crippen molar-refractivity contribution in [2.24, 2.45) is 11.3 Å². The molecular formula is C24H48O2. The Labute approximate surface area is 164 Å². The number of unbranched alkanes of at least 4 members (excludes halogenated alkanes) is 12. The number of aliphatic hydroxyl groups excluding tert-OH is 2. The lowest BCUT2D eigenvalue weighted by atomic mass is 9.82. The molecule has 0 aromatic carbocycles. The largest absolute Gasteiger partial charge is 0.396 e. The highest BCUT2D eigenvalue weighted by molar-refractivity contribution is 4.93. The van der Waals surface area contributed by atoms with Crippen molar-refractivity contribution in [2.75, 3.05) is 6.61 Å². The zero-order chi connectivity index (χ0) is 19.7. The second kappa shape index (κ2) is 16.8. The van der Waals surface area contributed by atoms with E-state index in [-0.39, 0.29) is 17.9 Å². The molecule has 0 saturated carbocycles. The van der Waals surface area contributed by atoms with Gasteiger partial charge in [0.05, 0.1) is 6.10 Å². The lowest BCUT2D eigenvalue weighted by molar-refractivity contribution is 0.0722. The molecule has 2 heteroatoms. The Balaban J connectivity index is 3.52. The van der Waals surface area contributed by atoms with Gasteiger partial charge in [0.25, 0.3) is 0 Å². The molecule has 0 aromatic rings. The summed E-state index contributed by atoms with van der Waals surface area (Å²) in [7, 11) is 0. The average molecular weight is 369 g/mol. The fourth-order valence-corrected chi connectivity index (χ4v) is 3.58. The number of rotatable bonds is 17. The zero-order valence-electron chi connectivity index (χ0n) is 18.3. The van der Waals surface area contributed by atoms with Crippen LogP contribution in [0, 0.1) is 11.3 Å². The molecule has 0 rings (SSSR count). The van der Waals surface area contributed by atoms with E-state index in [0.717, 1.165) is 12.8 Å². The van der Waals surface area contributed by atoms with Crippen LogP contribution < -0.4 is 0 Å². The molecule has 0 aromatic heterocycles. The first-order chi connectivity index (χ1) is 12.4. The Morgan fingerprint density at radius 1 is 0.769 bits per heavy atom. The monoisotopic (exact) mass is 368 g/mol. The van der Waals surface area contributed by atoms with Crippen molar-refractivity contribution >= 4 is 0 Å². The summed E-state index contributed by atoms with van der Waals surface area (Å²) < 4.78 is 0. The normalized spacial score (nSPS) is 14.8. The highest BCUT2D eigenvalue weighted by Crippen LogP contribution is 2.26. The summed E-state index contributed by atoms with van der Waals surface area (Å²) in [6.07, 6.45) is 21.8. The molecule has 0 saturated heterocycles. The smallest absolute Gasteiger partial charge is 0.0771 e. The van der Waals surface area contributed by atoms with Crippen LogP contribution in [0.3, 0.4) is 0 Å². The number of aliphatic hydroxyl groups is 2. The van der Waals surface area contributed by atoms with E-state index in [1.807, 2.05) is 6.08 Å². The number of hydrogen-bond acceptors (Lipinski definition) is 2. The van der Waals surface area contributed by atoms with Gasteiger partial charge in [0, 0.05) is 12.5 Å². The van der Waals surface area contributed by atoms with Crippen molar-refractivity contribution in [3.63, 3.8) is 0 Å². The van der Waals surface area contributed by atoms with Crippen molar-refractivity contribution in [2.45, 2.75) is 124 Å². The minimum Gasteiger partial charge on any atom is -0.396 e. The third-order valence-corrected chi connectivity index (χ3v) is 5.15. The summed E-state index contributed by atoms with van der Waals surface area (Å²) in [5.74, 6) is -0.0479. The van der Waals surface area contributed by atoms with Gasteiger partial charge in [0.15, 0.2) is 0 Å². The van der Waals surface area contributed by atoms with Gasteiger partial charge in [-0.3, -0.25) is 0 Å². The van der Waals surface area contributed by atoms with E-state index >= 15 is 0 Å². The average Bonchev–Trinajstić information content (AvgIpc) is 2.59. The molecule has 2 atom stereocenters. The molecule has 2 N–H and O–H groups in total. The van der Waals surface area contributed by atoms with Gasteiger partial charge in [-0.25, -0.2) is 0 Å². The van der Waals surface area contributed by atoms with Crippen molar-refractivity contribution in [1.29, 1.82) is 0 Å². The minimum absolute atomic E-state index is 0.0479. The standard InChI is InChI=1S/C24H48O2/c1-5-6-7-8-9-10-11-12-13-14-15-16-17-18-19-23(26)22(21-25)20-24(2,3)4/h18-19,22-23,25-26H,5-17,20-21H2,1-4H3/b19-18+/t22-,23+/m0/s1. The minimum atomic E-state index is -0.517. The third-order valence-electron chi connectivity index (χ3n) is 5.15. The fourth-order valence-electron chi connectivity index (χ4n) is 3.58. The summed E-state index contributed by atoms with van der Waals surface area (Å²) in [4.78, 5) is 0. The van der Waals surface area contributed by atoms with E-state index < -0.39 is 6.10 Å². The maximum Gasteiger partial charge on any atom is 0.0771 e. The van der Waals surface area contributed by atoms with Gasteiger partial charge in [-0.2, -0.15) is 0 Å². The highest BCUT2D eigenvalue weighted by Gasteiger charge is 2.22. The molecule has 26 heavy (non-hydrogen) atoms. The zero-order valence-corrected chi connectivity index (χ0v) is 18.3. The molecule has 0 aliphatic heterocycles. The van der Waals surface area contributed by atoms with Crippen molar-refractivity contribution < 1.29 is 10.2 Å². The van der Waals surface area contributed by atoms with Crippen LogP contribution in [-0.2, 0) is 0 Å². The van der Waals surface area contributed by atoms with E-state index in [9.17, 15) is 10.2 Å². The van der Waals surface area contributed by atoms with E-state index in [2.05, 4.69) is 33.8 Å². The Bertz CT molecular complexity index is 317. The topological polar surface area (TPSA) is 40.5 Å². The van der Waals surface area contributed by atoms with Gasteiger partial charge in [-0.05, 0) is 24.7 Å². The summed E-state index contributed by atoms with van der Waals surface area (Å²) in [6.45, 7) is 8.79. The summed E-state index contributed by atoms with van der Waals surface area (Å²) in [6, 6.07) is 0. The molecule has 0 spiro atoms. The maximum atomic E-state index is 10.2. The van der Waals surface area contributed by atoms with Crippen LogP contribution >= 0.6 is 0 Å². The van der Waals surface area contributed by atoms with Crippen LogP contribution in [0.4, 0.5) is 0 Å². The van der Waals surface area contributed by atoms with Crippen LogP contribution in [0.15, 0.2) is 12.2 Å². The molecule has 0 radical (unpaired) electrons. The Morgan fingerprint density at radius 3 is 1.65 bits per heavy atom. The molecule has 0 aliphatic carbocycles. The van der Waals surface area contributed by atoms with Gasteiger partial charge in [0.2, 0.25) is 0 Å². The van der Waals surface area contributed by atoms with Gasteiger partial charge >= 0.3 is 0 Å². The van der Waals surface area contributed by atoms with E-state index in [1.54, 1.807) is 0 Å². The van der Waals surface area contributed by atoms with Crippen LogP contribution in [0.5, 0.6) is 0 Å². The molecule has 0 unspecified atom stereocenters. The lowest BCUT2D eigenvalue weighted by Gasteiger charge is -2.26. The second-order valence-corrected chi connectivity index (χ2v) is 9.30. The number of hydrogen-bond donors (Lipinski definition) is 2. The van der Waals surface area contributed by atoms with E-state index in [1.165, 1.54) is 77.0 Å². The van der Waals surface area contributed by atoms with Gasteiger partial charge in [-0.15, -0.1) is 0 Å². The molecular weight excluding hydrogens is 320 g/mol. The first-order valence-electron chi connectivity index (χ1n) is 11.4. The van der Waals surface area contributed by atoms with Gasteiger partial charge in [-0.1, -0.05) is 110 Å². The molecule has 0 fully saturated rings. The Hall–Kier alpha value is -0.340. The van der Waals surface area contributed by atoms with Crippen LogP contribution in [0.1, 0.15) is 118 Å². The second-order valence-electron chi connectivity index (χ2n) is 9.30. The first kappa shape index (κ1) is 25.7. The molecule has 0 heterocycles. The van der Waals surface area contributed by atoms with Gasteiger partial charge in [0.1, 0.15) is 0 Å². The molecule has 2 nitrogen and oxygen atoms in total. The summed E-state index contributed by atoms with van der Waals surface area (Å²) in [5.41, 5.74) is 0.137. The van der Waals surface area contributed by atoms with Crippen LogP contribution in [-0.4, -0.2) is 22.9 Å². The fraction of sp³-hybridized carbons (Fsp3) is 0.917. The predicted octanol–water partition coefficient (Wildman–Crippen LogP) is 7.04. The van der Waals surface area contributed by atoms with E-state index in [4.69, 9.17) is 0 Å².